The maximum Gasteiger partial charge on any atom is 0.114 e. The lowest BCUT2D eigenvalue weighted by Crippen LogP contribution is -1.92. The first-order chi connectivity index (χ1) is 5.34. The number of thiophene rings is 1. The van der Waals surface area contributed by atoms with Crippen LogP contribution in [-0.4, -0.2) is 12.3 Å². The molecule has 60 valence electrons. The van der Waals surface area contributed by atoms with Gasteiger partial charge in [0.2, 0.25) is 0 Å². The van der Waals surface area contributed by atoms with E-state index in [0.29, 0.717) is 6.61 Å². The van der Waals surface area contributed by atoms with E-state index in [1.54, 1.807) is 11.3 Å². The molecule has 0 N–H and O–H groups in total. The third kappa shape index (κ3) is 2.35. The second-order valence-corrected chi connectivity index (χ2v) is 3.02. The summed E-state index contributed by atoms with van der Waals surface area (Å²) in [6, 6.07) is 4.04. The fourth-order valence-corrected chi connectivity index (χ4v) is 1.36. The summed E-state index contributed by atoms with van der Waals surface area (Å²) < 4.78 is 0. The van der Waals surface area contributed by atoms with Crippen molar-refractivity contribution in [1.82, 2.24) is 0 Å². The molecule has 0 spiro atoms. The van der Waals surface area contributed by atoms with E-state index in [-0.39, 0.29) is 0 Å². The molecule has 1 heterocycles. The maximum absolute atomic E-state index is 4.91. The van der Waals surface area contributed by atoms with Crippen LogP contribution in [0.3, 0.4) is 0 Å². The molecule has 0 atom stereocenters. The van der Waals surface area contributed by atoms with E-state index in [1.807, 2.05) is 31.4 Å². The topological polar surface area (TPSA) is 21.6 Å². The molecule has 0 aliphatic carbocycles. The van der Waals surface area contributed by atoms with E-state index in [9.17, 15) is 0 Å². The highest BCUT2D eigenvalue weighted by atomic mass is 32.1. The number of oxime groups is 1. The second kappa shape index (κ2) is 4.13. The fourth-order valence-electron chi connectivity index (χ4n) is 0.691. The van der Waals surface area contributed by atoms with Crippen molar-refractivity contribution in [2.75, 3.05) is 6.61 Å². The Morgan fingerprint density at radius 3 is 3.09 bits per heavy atom. The molecule has 0 saturated heterocycles. The molecule has 11 heavy (non-hydrogen) atoms. The molecular formula is C8H11NOS. The minimum absolute atomic E-state index is 0.628. The summed E-state index contributed by atoms with van der Waals surface area (Å²) in [6.45, 7) is 4.50. The Morgan fingerprint density at radius 1 is 1.73 bits per heavy atom. The smallest absolute Gasteiger partial charge is 0.114 e. The van der Waals surface area contributed by atoms with E-state index < -0.39 is 0 Å². The molecule has 2 nitrogen and oxygen atoms in total. The van der Waals surface area contributed by atoms with Crippen LogP contribution in [0.2, 0.25) is 0 Å². The molecule has 0 aliphatic rings. The van der Waals surface area contributed by atoms with Gasteiger partial charge in [0.1, 0.15) is 6.61 Å². The van der Waals surface area contributed by atoms with Crippen LogP contribution in [-0.2, 0) is 4.84 Å². The largest absolute Gasteiger partial charge is 0.396 e. The fraction of sp³-hybridized carbons (Fsp3) is 0.375. The Hall–Kier alpha value is -0.830. The highest BCUT2D eigenvalue weighted by Crippen LogP contribution is 2.09. The Labute approximate surface area is 70.5 Å². The molecule has 0 aromatic carbocycles. The van der Waals surface area contributed by atoms with Gasteiger partial charge in [-0.15, -0.1) is 11.3 Å². The molecule has 1 rings (SSSR count). The van der Waals surface area contributed by atoms with Crippen LogP contribution in [0.15, 0.2) is 22.7 Å². The van der Waals surface area contributed by atoms with Gasteiger partial charge in [-0.05, 0) is 25.3 Å². The Balaban J connectivity index is 2.62. The Kier molecular flexibility index (Phi) is 3.11. The van der Waals surface area contributed by atoms with Crippen LogP contribution in [0.1, 0.15) is 18.7 Å². The second-order valence-electron chi connectivity index (χ2n) is 2.07. The van der Waals surface area contributed by atoms with Crippen LogP contribution in [0.5, 0.6) is 0 Å². The first-order valence-corrected chi connectivity index (χ1v) is 4.43. The van der Waals surface area contributed by atoms with Gasteiger partial charge >= 0.3 is 0 Å². The molecule has 3 heteroatoms. The van der Waals surface area contributed by atoms with Crippen LogP contribution in [0.25, 0.3) is 0 Å². The van der Waals surface area contributed by atoms with Crippen molar-refractivity contribution in [2.45, 2.75) is 13.8 Å². The van der Waals surface area contributed by atoms with Gasteiger partial charge in [-0.2, -0.15) is 0 Å². The van der Waals surface area contributed by atoms with E-state index in [0.717, 1.165) is 5.71 Å². The van der Waals surface area contributed by atoms with Crippen LogP contribution >= 0.6 is 11.3 Å². The first kappa shape index (κ1) is 8.27. The third-order valence-corrected chi connectivity index (χ3v) is 2.19. The summed E-state index contributed by atoms with van der Waals surface area (Å²) in [5, 5.41) is 5.94. The molecule has 0 saturated carbocycles. The van der Waals surface area contributed by atoms with Crippen molar-refractivity contribution in [3.63, 3.8) is 0 Å². The summed E-state index contributed by atoms with van der Waals surface area (Å²) in [6.07, 6.45) is 0. The highest BCUT2D eigenvalue weighted by molar-refractivity contribution is 7.12. The van der Waals surface area contributed by atoms with Gasteiger partial charge < -0.3 is 4.84 Å². The van der Waals surface area contributed by atoms with Gasteiger partial charge in [-0.1, -0.05) is 11.2 Å². The van der Waals surface area contributed by atoms with Gasteiger partial charge in [0.25, 0.3) is 0 Å². The monoisotopic (exact) mass is 169 g/mol. The summed E-state index contributed by atoms with van der Waals surface area (Å²) in [4.78, 5) is 6.08. The van der Waals surface area contributed by atoms with E-state index >= 15 is 0 Å². The van der Waals surface area contributed by atoms with Crippen LogP contribution in [0, 0.1) is 0 Å². The average molecular weight is 169 g/mol. The van der Waals surface area contributed by atoms with Gasteiger partial charge in [0.05, 0.1) is 10.6 Å². The minimum Gasteiger partial charge on any atom is -0.396 e. The molecule has 0 aliphatic heterocycles. The normalized spacial score (nSPS) is 11.6. The van der Waals surface area contributed by atoms with Crippen molar-refractivity contribution in [1.29, 1.82) is 0 Å². The standard InChI is InChI=1S/C8H11NOS/c1-3-10-9-7(2)8-5-4-6-11-8/h4-6H,3H2,1-2H3/b9-7+. The minimum atomic E-state index is 0.628. The maximum atomic E-state index is 4.91. The summed E-state index contributed by atoms with van der Waals surface area (Å²) in [7, 11) is 0. The molecule has 0 radical (unpaired) electrons. The SMILES string of the molecule is CCO/N=C(\C)c1cccs1. The zero-order valence-electron chi connectivity index (χ0n) is 6.70. The van der Waals surface area contributed by atoms with Crippen molar-refractivity contribution in [3.8, 4) is 0 Å². The van der Waals surface area contributed by atoms with Crippen molar-refractivity contribution < 1.29 is 4.84 Å². The molecule has 0 amide bonds. The molecule has 1 aromatic heterocycles. The highest BCUT2D eigenvalue weighted by Gasteiger charge is 1.96. The van der Waals surface area contributed by atoms with Crippen LogP contribution < -0.4 is 0 Å². The quantitative estimate of drug-likeness (QED) is 0.503. The zero-order valence-corrected chi connectivity index (χ0v) is 7.52. The number of hydrogen-bond acceptors (Lipinski definition) is 3. The summed E-state index contributed by atoms with van der Waals surface area (Å²) in [5.41, 5.74) is 0.946. The van der Waals surface area contributed by atoms with Gasteiger partial charge in [-0.3, -0.25) is 0 Å². The predicted molar refractivity (Wildman–Crippen MR) is 48.2 cm³/mol. The van der Waals surface area contributed by atoms with Crippen molar-refractivity contribution in [2.24, 2.45) is 5.16 Å². The van der Waals surface area contributed by atoms with E-state index in [4.69, 9.17) is 4.84 Å². The van der Waals surface area contributed by atoms with E-state index in [2.05, 4.69) is 5.16 Å². The van der Waals surface area contributed by atoms with Crippen molar-refractivity contribution >= 4 is 17.0 Å². The number of hydrogen-bond donors (Lipinski definition) is 0. The Morgan fingerprint density at radius 2 is 2.55 bits per heavy atom. The van der Waals surface area contributed by atoms with E-state index in [1.165, 1.54) is 4.88 Å². The number of rotatable bonds is 3. The van der Waals surface area contributed by atoms with Gasteiger partial charge in [0, 0.05) is 0 Å². The zero-order chi connectivity index (χ0) is 8.10. The molecule has 0 bridgehead atoms. The van der Waals surface area contributed by atoms with Crippen molar-refractivity contribution in [3.05, 3.63) is 22.4 Å². The Bertz CT molecular complexity index is 228. The summed E-state index contributed by atoms with van der Waals surface area (Å²) >= 11 is 1.67. The third-order valence-electron chi connectivity index (χ3n) is 1.21. The average Bonchev–Trinajstić information content (AvgIpc) is 2.52. The van der Waals surface area contributed by atoms with Gasteiger partial charge in [-0.25, -0.2) is 0 Å². The lowest BCUT2D eigenvalue weighted by atomic mass is 10.3. The molecule has 1 aromatic rings. The molecule has 0 fully saturated rings. The molecule has 0 unspecified atom stereocenters. The lowest BCUT2D eigenvalue weighted by Gasteiger charge is -1.95. The lowest BCUT2D eigenvalue weighted by molar-refractivity contribution is 0.159. The first-order valence-electron chi connectivity index (χ1n) is 3.55. The predicted octanol–water partition coefficient (Wildman–Crippen LogP) is 2.51. The van der Waals surface area contributed by atoms with Gasteiger partial charge in [0.15, 0.2) is 0 Å². The molecular weight excluding hydrogens is 158 g/mol. The van der Waals surface area contributed by atoms with Crippen LogP contribution in [0.4, 0.5) is 0 Å². The summed E-state index contributed by atoms with van der Waals surface area (Å²) in [5.74, 6) is 0. The number of nitrogens with zero attached hydrogens (tertiary/aromatic N) is 1.